The van der Waals surface area contributed by atoms with Gasteiger partial charge >= 0.3 is 5.97 Å². The Hall–Kier alpha value is -4.01. The molecule has 1 saturated heterocycles. The van der Waals surface area contributed by atoms with Crippen LogP contribution in [-0.2, 0) is 15.3 Å². The minimum Gasteiger partial charge on any atom is -0.497 e. The summed E-state index contributed by atoms with van der Waals surface area (Å²) in [6.07, 6.45) is 0.0622. The molecule has 0 saturated carbocycles. The number of fused-ring (bicyclic) bond motifs is 6. The van der Waals surface area contributed by atoms with Crippen LogP contribution in [0.25, 0.3) is 22.6 Å². The van der Waals surface area contributed by atoms with E-state index in [2.05, 4.69) is 10.1 Å². The van der Waals surface area contributed by atoms with E-state index in [1.165, 1.54) is 16.7 Å². The number of anilines is 1. The number of hydrogen-bond acceptors (Lipinski definition) is 6. The molecular weight excluding hydrogens is 400 g/mol. The van der Waals surface area contributed by atoms with Crippen LogP contribution >= 0.6 is 0 Å². The van der Waals surface area contributed by atoms with E-state index in [4.69, 9.17) is 4.74 Å². The van der Waals surface area contributed by atoms with Crippen LogP contribution in [0.15, 0.2) is 47.3 Å². The molecular formula is C22H18N4O5. The smallest absolute Gasteiger partial charge is 0.353 e. The number of carboxylic acid groups (broad SMARTS) is 1. The SMILES string of the molecule is COc1ccc(-c2nn3c(nc2=O)-c2cccc(C)c2N2C(=O)CC[C@]23C(=O)O)cc1. The second kappa shape index (κ2) is 6.49. The van der Waals surface area contributed by atoms with Crippen molar-refractivity contribution in [1.82, 2.24) is 14.8 Å². The summed E-state index contributed by atoms with van der Waals surface area (Å²) in [5.74, 6) is -0.801. The van der Waals surface area contributed by atoms with E-state index in [-0.39, 0.29) is 30.3 Å². The number of methoxy groups -OCH3 is 1. The summed E-state index contributed by atoms with van der Waals surface area (Å²) in [7, 11) is 1.53. The van der Waals surface area contributed by atoms with Gasteiger partial charge in [0.2, 0.25) is 11.6 Å². The number of ether oxygens (including phenoxy) is 1. The molecule has 3 heterocycles. The molecule has 156 valence electrons. The van der Waals surface area contributed by atoms with Crippen molar-refractivity contribution in [3.05, 3.63) is 58.4 Å². The molecule has 31 heavy (non-hydrogen) atoms. The minimum absolute atomic E-state index is 0.00225. The van der Waals surface area contributed by atoms with Gasteiger partial charge in [-0.25, -0.2) is 9.48 Å². The number of carbonyl (C=O) groups excluding carboxylic acids is 1. The highest BCUT2D eigenvalue weighted by Crippen LogP contribution is 2.49. The zero-order chi connectivity index (χ0) is 21.9. The van der Waals surface area contributed by atoms with Crippen LogP contribution in [0.5, 0.6) is 5.75 Å². The van der Waals surface area contributed by atoms with Gasteiger partial charge in [0.15, 0.2) is 11.5 Å². The van der Waals surface area contributed by atoms with Crippen molar-refractivity contribution >= 4 is 17.6 Å². The predicted octanol–water partition coefficient (Wildman–Crippen LogP) is 2.17. The first-order valence-corrected chi connectivity index (χ1v) is 9.71. The van der Waals surface area contributed by atoms with Crippen molar-refractivity contribution in [2.24, 2.45) is 0 Å². The third-order valence-corrected chi connectivity index (χ3v) is 5.88. The average molecular weight is 418 g/mol. The van der Waals surface area contributed by atoms with E-state index >= 15 is 0 Å². The van der Waals surface area contributed by atoms with Gasteiger partial charge in [-0.15, -0.1) is 0 Å². The monoisotopic (exact) mass is 418 g/mol. The summed E-state index contributed by atoms with van der Waals surface area (Å²) in [6, 6.07) is 12.0. The largest absolute Gasteiger partial charge is 0.497 e. The van der Waals surface area contributed by atoms with Gasteiger partial charge in [0.25, 0.3) is 5.56 Å². The van der Waals surface area contributed by atoms with Crippen molar-refractivity contribution in [3.63, 3.8) is 0 Å². The molecule has 0 bridgehead atoms. The van der Waals surface area contributed by atoms with E-state index in [0.717, 1.165) is 5.56 Å². The van der Waals surface area contributed by atoms with Gasteiger partial charge in [-0.2, -0.15) is 10.1 Å². The normalized spacial score (nSPS) is 18.9. The second-order valence-corrected chi connectivity index (χ2v) is 7.55. The molecule has 9 nitrogen and oxygen atoms in total. The fourth-order valence-corrected chi connectivity index (χ4v) is 4.40. The number of nitrogens with zero attached hydrogens (tertiary/aromatic N) is 4. The molecule has 2 aliphatic rings. The van der Waals surface area contributed by atoms with Crippen molar-refractivity contribution in [2.75, 3.05) is 12.0 Å². The number of aromatic nitrogens is 3. The topological polar surface area (TPSA) is 115 Å². The van der Waals surface area contributed by atoms with E-state index in [9.17, 15) is 19.5 Å². The van der Waals surface area contributed by atoms with Gasteiger partial charge < -0.3 is 9.84 Å². The summed E-state index contributed by atoms with van der Waals surface area (Å²) in [4.78, 5) is 43.9. The van der Waals surface area contributed by atoms with Crippen molar-refractivity contribution in [3.8, 4) is 28.4 Å². The molecule has 1 N–H and O–H groups in total. The van der Waals surface area contributed by atoms with Crippen molar-refractivity contribution in [2.45, 2.75) is 25.4 Å². The van der Waals surface area contributed by atoms with Crippen LogP contribution in [0.3, 0.4) is 0 Å². The van der Waals surface area contributed by atoms with Gasteiger partial charge in [0.1, 0.15) is 5.75 Å². The maximum absolute atomic E-state index is 12.9. The molecule has 0 unspecified atom stereocenters. The average Bonchev–Trinajstić information content (AvgIpc) is 3.12. The maximum atomic E-state index is 12.9. The number of carboxylic acids is 1. The van der Waals surface area contributed by atoms with E-state index in [1.807, 2.05) is 0 Å². The third-order valence-electron chi connectivity index (χ3n) is 5.88. The lowest BCUT2D eigenvalue weighted by molar-refractivity contribution is -0.148. The number of aliphatic carboxylic acids is 1. The van der Waals surface area contributed by atoms with Crippen LogP contribution in [0.4, 0.5) is 5.69 Å². The Morgan fingerprint density at radius 3 is 2.58 bits per heavy atom. The van der Waals surface area contributed by atoms with E-state index in [1.54, 1.807) is 49.4 Å². The first kappa shape index (κ1) is 19.0. The van der Waals surface area contributed by atoms with Crippen LogP contribution in [-0.4, -0.2) is 38.9 Å². The quantitative estimate of drug-likeness (QED) is 0.693. The molecule has 1 aromatic heterocycles. The molecule has 0 aliphatic carbocycles. The minimum atomic E-state index is -1.78. The molecule has 2 aromatic carbocycles. The highest BCUT2D eigenvalue weighted by atomic mass is 16.5. The fourth-order valence-electron chi connectivity index (χ4n) is 4.40. The molecule has 1 atom stereocenters. The Morgan fingerprint density at radius 1 is 1.16 bits per heavy atom. The van der Waals surface area contributed by atoms with Crippen LogP contribution in [0, 0.1) is 6.92 Å². The van der Waals surface area contributed by atoms with E-state index in [0.29, 0.717) is 22.6 Å². The van der Waals surface area contributed by atoms with Gasteiger partial charge in [-0.05, 0) is 42.8 Å². The Bertz CT molecular complexity index is 1310. The number of carbonyl (C=O) groups is 2. The number of hydrogen-bond donors (Lipinski definition) is 1. The summed E-state index contributed by atoms with van der Waals surface area (Å²) < 4.78 is 6.38. The molecule has 0 radical (unpaired) electrons. The van der Waals surface area contributed by atoms with Crippen LogP contribution < -0.4 is 15.2 Å². The lowest BCUT2D eigenvalue weighted by atomic mass is 9.97. The predicted molar refractivity (Wildman–Crippen MR) is 111 cm³/mol. The fraction of sp³-hybridized carbons (Fsp3) is 0.227. The standard InChI is InChI=1S/C22H18N4O5/c1-12-4-3-5-15-18(12)25-16(27)10-11-22(25,21(29)30)26-19(15)23-20(28)17(24-26)13-6-8-14(31-2)9-7-13/h3-9H,10-11H2,1-2H3,(H,29,30)/t22-/m0/s1. The van der Waals surface area contributed by atoms with Crippen LogP contribution in [0.2, 0.25) is 0 Å². The molecule has 2 aliphatic heterocycles. The van der Waals surface area contributed by atoms with Gasteiger partial charge in [0, 0.05) is 24.0 Å². The zero-order valence-corrected chi connectivity index (χ0v) is 16.8. The first-order chi connectivity index (χ1) is 14.9. The van der Waals surface area contributed by atoms with Gasteiger partial charge in [-0.1, -0.05) is 12.1 Å². The molecule has 3 aromatic rings. The van der Waals surface area contributed by atoms with Gasteiger partial charge in [0.05, 0.1) is 12.8 Å². The summed E-state index contributed by atoms with van der Waals surface area (Å²) in [5, 5.41) is 14.8. The molecule has 0 spiro atoms. The first-order valence-electron chi connectivity index (χ1n) is 9.71. The molecule has 1 fully saturated rings. The Morgan fingerprint density at radius 2 is 1.90 bits per heavy atom. The number of para-hydroxylation sites is 1. The molecule has 1 amide bonds. The zero-order valence-electron chi connectivity index (χ0n) is 16.8. The molecule has 5 rings (SSSR count). The lowest BCUT2D eigenvalue weighted by Crippen LogP contribution is -2.58. The summed E-state index contributed by atoms with van der Waals surface area (Å²) in [5.41, 5.74) is -0.216. The number of rotatable bonds is 3. The van der Waals surface area contributed by atoms with Crippen molar-refractivity contribution in [1.29, 1.82) is 0 Å². The second-order valence-electron chi connectivity index (χ2n) is 7.55. The third kappa shape index (κ3) is 2.46. The molecule has 9 heteroatoms. The number of aryl methyl sites for hydroxylation is 1. The highest BCUT2D eigenvalue weighted by molar-refractivity contribution is 6.08. The Balaban J connectivity index is 1.85. The number of benzene rings is 2. The van der Waals surface area contributed by atoms with Crippen LogP contribution in [0.1, 0.15) is 18.4 Å². The maximum Gasteiger partial charge on any atom is 0.353 e. The Kier molecular flexibility index (Phi) is 3.98. The number of amides is 1. The summed E-state index contributed by atoms with van der Waals surface area (Å²) >= 11 is 0. The van der Waals surface area contributed by atoms with Gasteiger partial charge in [-0.3, -0.25) is 14.5 Å². The van der Waals surface area contributed by atoms with E-state index < -0.39 is 17.2 Å². The van der Waals surface area contributed by atoms with Crippen molar-refractivity contribution < 1.29 is 19.4 Å². The lowest BCUT2D eigenvalue weighted by Gasteiger charge is -2.41. The summed E-state index contributed by atoms with van der Waals surface area (Å²) in [6.45, 7) is 1.80. The highest BCUT2D eigenvalue weighted by Gasteiger charge is 2.59. The Labute approximate surface area is 176 Å².